The summed E-state index contributed by atoms with van der Waals surface area (Å²) in [6, 6.07) is 9.58. The van der Waals surface area contributed by atoms with E-state index in [-0.39, 0.29) is 10.9 Å². The highest BCUT2D eigenvalue weighted by Gasteiger charge is 2.28. The highest BCUT2D eigenvalue weighted by Crippen LogP contribution is 2.33. The number of nitrogens with one attached hydrogen (secondary N) is 1. The molecular formula is C24H30Cl2FN7S. The third-order valence-electron chi connectivity index (χ3n) is 6.60. The molecule has 0 bridgehead atoms. The fourth-order valence-corrected chi connectivity index (χ4v) is 4.97. The van der Waals surface area contributed by atoms with Crippen molar-refractivity contribution in [2.75, 3.05) is 68.1 Å². The first-order chi connectivity index (χ1) is 16.7. The summed E-state index contributed by atoms with van der Waals surface area (Å²) in [5, 5.41) is 5.22. The van der Waals surface area contributed by atoms with Crippen LogP contribution in [0.1, 0.15) is 12.0 Å². The van der Waals surface area contributed by atoms with E-state index >= 15 is 4.39 Å². The SMILES string of the molecule is CN(C)[C@@H]1CCN(c2cc(N3CCN(c4ccc(Cl)c(Cl)c4)CC3)c(F)cc2C=NNC(N)=S)C1. The van der Waals surface area contributed by atoms with Crippen molar-refractivity contribution in [2.45, 2.75) is 12.5 Å². The molecule has 2 saturated heterocycles. The molecule has 0 aliphatic carbocycles. The summed E-state index contributed by atoms with van der Waals surface area (Å²) in [5.41, 5.74) is 11.3. The van der Waals surface area contributed by atoms with Crippen LogP contribution in [-0.4, -0.2) is 75.6 Å². The molecule has 2 aliphatic heterocycles. The quantitative estimate of drug-likeness (QED) is 0.330. The number of nitrogens with zero attached hydrogens (tertiary/aromatic N) is 5. The third kappa shape index (κ3) is 6.09. The molecular weight excluding hydrogens is 508 g/mol. The van der Waals surface area contributed by atoms with Gasteiger partial charge in [0.05, 0.1) is 21.9 Å². The molecule has 0 unspecified atom stereocenters. The largest absolute Gasteiger partial charge is 0.375 e. The standard InChI is InChI=1S/C24H30Cl2FN7S/c1-31(2)18-5-6-34(15-18)22-13-23(21(27)11-16(22)14-29-30-24(28)35)33-9-7-32(8-10-33)17-3-4-19(25)20(26)12-17/h3-4,11-14,18H,5-10,15H2,1-2H3,(H3,28,30,35)/t18-/m1/s1. The summed E-state index contributed by atoms with van der Waals surface area (Å²) in [4.78, 5) is 8.86. The van der Waals surface area contributed by atoms with Gasteiger partial charge in [-0.15, -0.1) is 0 Å². The average molecular weight is 539 g/mol. The third-order valence-corrected chi connectivity index (χ3v) is 7.43. The van der Waals surface area contributed by atoms with Gasteiger partial charge in [0.2, 0.25) is 0 Å². The Morgan fingerprint density at radius 1 is 1.06 bits per heavy atom. The number of likely N-dealkylation sites (N-methyl/N-ethyl adjacent to an activating group) is 1. The Labute approximate surface area is 221 Å². The molecule has 3 N–H and O–H groups in total. The van der Waals surface area contributed by atoms with Crippen LogP contribution in [0.2, 0.25) is 10.0 Å². The Kier molecular flexibility index (Phi) is 8.21. The molecule has 2 aromatic rings. The molecule has 2 aliphatic rings. The lowest BCUT2D eigenvalue weighted by Crippen LogP contribution is -2.47. The van der Waals surface area contributed by atoms with Gasteiger partial charge in [-0.25, -0.2) is 4.39 Å². The summed E-state index contributed by atoms with van der Waals surface area (Å²) >= 11 is 17.1. The predicted molar refractivity (Wildman–Crippen MR) is 149 cm³/mol. The lowest BCUT2D eigenvalue weighted by Gasteiger charge is -2.38. The van der Waals surface area contributed by atoms with Crippen molar-refractivity contribution in [3.63, 3.8) is 0 Å². The first-order valence-corrected chi connectivity index (χ1v) is 12.7. The fraction of sp³-hybridized carbons (Fsp3) is 0.417. The monoisotopic (exact) mass is 537 g/mol. The van der Waals surface area contributed by atoms with Crippen LogP contribution in [0, 0.1) is 5.82 Å². The predicted octanol–water partition coefficient (Wildman–Crippen LogP) is 3.77. The minimum Gasteiger partial charge on any atom is -0.375 e. The molecule has 2 heterocycles. The van der Waals surface area contributed by atoms with Gasteiger partial charge in [0, 0.05) is 62.2 Å². The molecule has 35 heavy (non-hydrogen) atoms. The smallest absolute Gasteiger partial charge is 0.184 e. The van der Waals surface area contributed by atoms with Crippen molar-refractivity contribution in [1.29, 1.82) is 0 Å². The number of piperazine rings is 1. The van der Waals surface area contributed by atoms with E-state index in [9.17, 15) is 0 Å². The maximum Gasteiger partial charge on any atom is 0.184 e. The van der Waals surface area contributed by atoms with Crippen LogP contribution in [0.3, 0.4) is 0 Å². The van der Waals surface area contributed by atoms with E-state index in [1.807, 2.05) is 18.2 Å². The first kappa shape index (κ1) is 25.8. The van der Waals surface area contributed by atoms with Crippen molar-refractivity contribution in [2.24, 2.45) is 10.8 Å². The second-order valence-corrected chi connectivity index (χ2v) is 10.3. The summed E-state index contributed by atoms with van der Waals surface area (Å²) in [5.74, 6) is -0.281. The highest BCUT2D eigenvalue weighted by molar-refractivity contribution is 7.80. The molecule has 188 valence electrons. The van der Waals surface area contributed by atoms with Crippen molar-refractivity contribution < 1.29 is 4.39 Å². The molecule has 0 saturated carbocycles. The lowest BCUT2D eigenvalue weighted by atomic mass is 10.1. The normalized spacial score (nSPS) is 18.7. The minimum atomic E-state index is -0.281. The van der Waals surface area contributed by atoms with Crippen LogP contribution in [0.5, 0.6) is 0 Å². The Morgan fingerprint density at radius 3 is 2.40 bits per heavy atom. The van der Waals surface area contributed by atoms with Gasteiger partial charge < -0.3 is 25.3 Å². The van der Waals surface area contributed by atoms with Crippen molar-refractivity contribution in [3.8, 4) is 0 Å². The molecule has 2 fully saturated rings. The van der Waals surface area contributed by atoms with E-state index in [2.05, 4.69) is 44.2 Å². The molecule has 0 aromatic heterocycles. The van der Waals surface area contributed by atoms with Crippen LogP contribution in [-0.2, 0) is 0 Å². The van der Waals surface area contributed by atoms with Gasteiger partial charge in [-0.05, 0) is 63.1 Å². The van der Waals surface area contributed by atoms with Crippen LogP contribution < -0.4 is 25.9 Å². The molecule has 0 spiro atoms. The number of halogens is 3. The molecule has 0 amide bonds. The summed E-state index contributed by atoms with van der Waals surface area (Å²) in [6.07, 6.45) is 2.62. The van der Waals surface area contributed by atoms with Gasteiger partial charge in [-0.2, -0.15) is 5.10 Å². The van der Waals surface area contributed by atoms with E-state index in [0.717, 1.165) is 44.0 Å². The highest BCUT2D eigenvalue weighted by atomic mass is 35.5. The van der Waals surface area contributed by atoms with Gasteiger partial charge in [0.1, 0.15) is 5.82 Å². The van der Waals surface area contributed by atoms with Gasteiger partial charge >= 0.3 is 0 Å². The zero-order chi connectivity index (χ0) is 25.1. The number of anilines is 3. The number of thiocarbonyl (C=S) groups is 1. The zero-order valence-electron chi connectivity index (χ0n) is 19.8. The second-order valence-electron chi connectivity index (χ2n) is 9.02. The van der Waals surface area contributed by atoms with Gasteiger partial charge in [0.15, 0.2) is 5.11 Å². The van der Waals surface area contributed by atoms with E-state index < -0.39 is 0 Å². The summed E-state index contributed by atoms with van der Waals surface area (Å²) in [6.45, 7) is 4.64. The van der Waals surface area contributed by atoms with Crippen molar-refractivity contribution in [3.05, 3.63) is 51.8 Å². The zero-order valence-corrected chi connectivity index (χ0v) is 22.2. The maximum absolute atomic E-state index is 15.4. The average Bonchev–Trinajstić information content (AvgIpc) is 3.31. The summed E-state index contributed by atoms with van der Waals surface area (Å²) in [7, 11) is 4.18. The second kappa shape index (κ2) is 11.2. The van der Waals surface area contributed by atoms with Crippen LogP contribution in [0.4, 0.5) is 21.5 Å². The lowest BCUT2D eigenvalue weighted by molar-refractivity contribution is 0.315. The molecule has 2 aromatic carbocycles. The topological polar surface area (TPSA) is 63.4 Å². The number of rotatable bonds is 6. The van der Waals surface area contributed by atoms with Crippen molar-refractivity contribution in [1.82, 2.24) is 10.3 Å². The van der Waals surface area contributed by atoms with Gasteiger partial charge in [-0.1, -0.05) is 23.2 Å². The Morgan fingerprint density at radius 2 is 1.77 bits per heavy atom. The number of nitrogens with two attached hydrogens (primary N) is 1. The minimum absolute atomic E-state index is 0.0635. The van der Waals surface area contributed by atoms with E-state index in [4.69, 9.17) is 41.2 Å². The molecule has 7 nitrogen and oxygen atoms in total. The Bertz CT molecular complexity index is 1110. The number of hydrazone groups is 1. The van der Waals surface area contributed by atoms with E-state index in [1.54, 1.807) is 18.3 Å². The molecule has 1 atom stereocenters. The number of benzene rings is 2. The molecule has 11 heteroatoms. The van der Waals surface area contributed by atoms with E-state index in [0.29, 0.717) is 40.4 Å². The van der Waals surface area contributed by atoms with Gasteiger partial charge in [-0.3, -0.25) is 5.43 Å². The van der Waals surface area contributed by atoms with Crippen molar-refractivity contribution >= 4 is 63.8 Å². The fourth-order valence-electron chi connectivity index (χ4n) is 4.62. The van der Waals surface area contributed by atoms with Crippen LogP contribution >= 0.6 is 35.4 Å². The van der Waals surface area contributed by atoms with E-state index in [1.165, 1.54) is 0 Å². The van der Waals surface area contributed by atoms with Crippen LogP contribution in [0.15, 0.2) is 35.4 Å². The first-order valence-electron chi connectivity index (χ1n) is 11.5. The Hall–Kier alpha value is -2.33. The molecule has 4 rings (SSSR count). The van der Waals surface area contributed by atoms with Crippen LogP contribution in [0.25, 0.3) is 0 Å². The Balaban J connectivity index is 1.56. The maximum atomic E-state index is 15.4. The van der Waals surface area contributed by atoms with Gasteiger partial charge in [0.25, 0.3) is 0 Å². The number of hydrogen-bond donors (Lipinski definition) is 2. The number of hydrogen-bond acceptors (Lipinski definition) is 6. The summed E-state index contributed by atoms with van der Waals surface area (Å²) < 4.78 is 15.4. The molecule has 0 radical (unpaired) electrons.